The highest BCUT2D eigenvalue weighted by Gasteiger charge is 2.18. The van der Waals surface area contributed by atoms with E-state index in [2.05, 4.69) is 66.7 Å². The summed E-state index contributed by atoms with van der Waals surface area (Å²) in [5.74, 6) is 1.88. The van der Waals surface area contributed by atoms with Crippen LogP contribution in [0.4, 0.5) is 0 Å². The van der Waals surface area contributed by atoms with Gasteiger partial charge in [-0.25, -0.2) is 15.0 Å². The summed E-state index contributed by atoms with van der Waals surface area (Å²) in [4.78, 5) is 14.9. The SMILES string of the molecule is c1ccc(-c2nc(-c3ccccc3)nc(-c3cccc4oc5ccc(-c6ccc7sc8ccccc8c7c6)cc5c34)n2)cc1. The number of rotatable bonds is 4. The molecule has 0 saturated carbocycles. The molecule has 5 heteroatoms. The number of hydrogen-bond acceptors (Lipinski definition) is 5. The van der Waals surface area contributed by atoms with Crippen LogP contribution in [0.15, 0.2) is 144 Å². The van der Waals surface area contributed by atoms with Crippen LogP contribution in [0.1, 0.15) is 0 Å². The Balaban J connectivity index is 1.25. The van der Waals surface area contributed by atoms with Crippen LogP contribution >= 0.6 is 11.3 Å². The van der Waals surface area contributed by atoms with Crippen molar-refractivity contribution in [1.82, 2.24) is 15.0 Å². The van der Waals surface area contributed by atoms with Crippen molar-refractivity contribution in [2.24, 2.45) is 0 Å². The minimum absolute atomic E-state index is 0.613. The standard InChI is InChI=1S/C39H23N3OS/c1-3-10-24(11-4-1)37-40-38(25-12-5-2-6-13-25)42-39(41-37)29-15-9-16-33-36(29)31-23-26(18-20-32(31)43-33)27-19-21-35-30(22-27)28-14-7-8-17-34(28)44-35/h1-23H. The van der Waals surface area contributed by atoms with Crippen molar-refractivity contribution in [2.75, 3.05) is 0 Å². The molecule has 0 aliphatic heterocycles. The van der Waals surface area contributed by atoms with E-state index in [0.717, 1.165) is 44.2 Å². The van der Waals surface area contributed by atoms with Crippen molar-refractivity contribution >= 4 is 53.4 Å². The normalized spacial score (nSPS) is 11.6. The summed E-state index contributed by atoms with van der Waals surface area (Å²) in [7, 11) is 0. The number of nitrogens with zero attached hydrogens (tertiary/aromatic N) is 3. The average Bonchev–Trinajstić information content (AvgIpc) is 3.66. The van der Waals surface area contributed by atoms with Gasteiger partial charge in [-0.05, 0) is 47.5 Å². The molecule has 206 valence electrons. The second kappa shape index (κ2) is 9.97. The van der Waals surface area contributed by atoms with Crippen LogP contribution in [0.3, 0.4) is 0 Å². The molecule has 0 saturated heterocycles. The smallest absolute Gasteiger partial charge is 0.164 e. The maximum absolute atomic E-state index is 6.38. The maximum Gasteiger partial charge on any atom is 0.164 e. The fourth-order valence-electron chi connectivity index (χ4n) is 6.03. The van der Waals surface area contributed by atoms with Gasteiger partial charge in [-0.3, -0.25) is 0 Å². The summed E-state index contributed by atoms with van der Waals surface area (Å²) >= 11 is 1.84. The van der Waals surface area contributed by atoms with Gasteiger partial charge in [0.05, 0.1) is 0 Å². The molecular formula is C39H23N3OS. The van der Waals surface area contributed by atoms with Crippen LogP contribution in [0, 0.1) is 0 Å². The number of aromatic nitrogens is 3. The number of hydrogen-bond donors (Lipinski definition) is 0. The molecule has 0 amide bonds. The fourth-order valence-corrected chi connectivity index (χ4v) is 7.11. The second-order valence-electron chi connectivity index (χ2n) is 10.8. The zero-order chi connectivity index (χ0) is 29.0. The van der Waals surface area contributed by atoms with Gasteiger partial charge in [0.25, 0.3) is 0 Å². The van der Waals surface area contributed by atoms with E-state index in [1.165, 1.54) is 25.7 Å². The lowest BCUT2D eigenvalue weighted by atomic mass is 9.99. The number of fused-ring (bicyclic) bond motifs is 6. The van der Waals surface area contributed by atoms with Crippen molar-refractivity contribution < 1.29 is 4.42 Å². The molecule has 9 aromatic rings. The minimum Gasteiger partial charge on any atom is -0.456 e. The molecular weight excluding hydrogens is 559 g/mol. The molecule has 0 N–H and O–H groups in total. The van der Waals surface area contributed by atoms with Gasteiger partial charge in [0.1, 0.15) is 11.2 Å². The molecule has 0 fully saturated rings. The topological polar surface area (TPSA) is 51.8 Å². The summed E-state index contributed by atoms with van der Waals surface area (Å²) in [6.07, 6.45) is 0. The molecule has 6 aromatic carbocycles. The van der Waals surface area contributed by atoms with Crippen LogP contribution < -0.4 is 0 Å². The van der Waals surface area contributed by atoms with Gasteiger partial charge >= 0.3 is 0 Å². The molecule has 4 nitrogen and oxygen atoms in total. The van der Waals surface area contributed by atoms with Crippen LogP contribution in [0.2, 0.25) is 0 Å². The number of furan rings is 1. The van der Waals surface area contributed by atoms with E-state index in [9.17, 15) is 0 Å². The zero-order valence-electron chi connectivity index (χ0n) is 23.4. The Morgan fingerprint density at radius 2 is 1.02 bits per heavy atom. The highest BCUT2D eigenvalue weighted by Crippen LogP contribution is 2.40. The summed E-state index contributed by atoms with van der Waals surface area (Å²) in [6, 6.07) is 48.0. The highest BCUT2D eigenvalue weighted by molar-refractivity contribution is 7.25. The largest absolute Gasteiger partial charge is 0.456 e. The fraction of sp³-hybridized carbons (Fsp3) is 0. The van der Waals surface area contributed by atoms with Crippen molar-refractivity contribution in [3.63, 3.8) is 0 Å². The number of thiophene rings is 1. The third-order valence-electron chi connectivity index (χ3n) is 8.15. The van der Waals surface area contributed by atoms with E-state index in [1.807, 2.05) is 84.1 Å². The predicted octanol–water partition coefficient (Wildman–Crippen LogP) is 10.8. The first-order valence-corrected chi connectivity index (χ1v) is 15.3. The Hall–Kier alpha value is -5.65. The monoisotopic (exact) mass is 581 g/mol. The highest BCUT2D eigenvalue weighted by atomic mass is 32.1. The van der Waals surface area contributed by atoms with Gasteiger partial charge in [-0.15, -0.1) is 11.3 Å². The lowest BCUT2D eigenvalue weighted by Crippen LogP contribution is -2.00. The van der Waals surface area contributed by atoms with Crippen molar-refractivity contribution in [3.05, 3.63) is 140 Å². The Kier molecular flexibility index (Phi) is 5.64. The third kappa shape index (κ3) is 4.09. The molecule has 0 atom stereocenters. The van der Waals surface area contributed by atoms with Crippen LogP contribution in [-0.2, 0) is 0 Å². The first kappa shape index (κ1) is 24.9. The molecule has 3 heterocycles. The van der Waals surface area contributed by atoms with Crippen molar-refractivity contribution in [1.29, 1.82) is 0 Å². The lowest BCUT2D eigenvalue weighted by Gasteiger charge is -2.09. The molecule has 0 radical (unpaired) electrons. The lowest BCUT2D eigenvalue weighted by molar-refractivity contribution is 0.669. The van der Waals surface area contributed by atoms with Gasteiger partial charge in [-0.2, -0.15) is 0 Å². The van der Waals surface area contributed by atoms with Crippen molar-refractivity contribution in [3.8, 4) is 45.3 Å². The second-order valence-corrected chi connectivity index (χ2v) is 11.9. The predicted molar refractivity (Wildman–Crippen MR) is 182 cm³/mol. The Morgan fingerprint density at radius 1 is 0.409 bits per heavy atom. The number of benzene rings is 6. The van der Waals surface area contributed by atoms with Gasteiger partial charge in [-0.1, -0.05) is 103 Å². The Labute approximate surface area is 256 Å². The molecule has 44 heavy (non-hydrogen) atoms. The molecule has 3 aromatic heterocycles. The summed E-state index contributed by atoms with van der Waals surface area (Å²) in [5, 5.41) is 4.61. The van der Waals surface area contributed by atoms with Gasteiger partial charge < -0.3 is 4.42 Å². The molecule has 0 spiro atoms. The van der Waals surface area contributed by atoms with Crippen molar-refractivity contribution in [2.45, 2.75) is 0 Å². The van der Waals surface area contributed by atoms with E-state index in [4.69, 9.17) is 19.4 Å². The van der Waals surface area contributed by atoms with Gasteiger partial charge in [0, 0.05) is 47.6 Å². The molecule has 0 bridgehead atoms. The van der Waals surface area contributed by atoms with Crippen LogP contribution in [0.25, 0.3) is 87.4 Å². The van der Waals surface area contributed by atoms with Crippen LogP contribution in [-0.4, -0.2) is 15.0 Å². The van der Waals surface area contributed by atoms with E-state index >= 15 is 0 Å². The Bertz CT molecular complexity index is 2440. The van der Waals surface area contributed by atoms with E-state index in [0.29, 0.717) is 17.5 Å². The van der Waals surface area contributed by atoms with E-state index < -0.39 is 0 Å². The molecule has 0 aliphatic carbocycles. The van der Waals surface area contributed by atoms with Gasteiger partial charge in [0.15, 0.2) is 17.5 Å². The third-order valence-corrected chi connectivity index (χ3v) is 9.30. The van der Waals surface area contributed by atoms with E-state index in [1.54, 1.807) is 0 Å². The maximum atomic E-state index is 6.38. The molecule has 9 rings (SSSR count). The summed E-state index contributed by atoms with van der Waals surface area (Å²) in [5.41, 5.74) is 6.74. The van der Waals surface area contributed by atoms with Crippen LogP contribution in [0.5, 0.6) is 0 Å². The van der Waals surface area contributed by atoms with E-state index in [-0.39, 0.29) is 0 Å². The quantitative estimate of drug-likeness (QED) is 0.207. The average molecular weight is 582 g/mol. The summed E-state index contributed by atoms with van der Waals surface area (Å²) < 4.78 is 8.99. The molecule has 0 unspecified atom stereocenters. The molecule has 0 aliphatic rings. The first-order valence-electron chi connectivity index (χ1n) is 14.5. The first-order chi connectivity index (χ1) is 21.8. The van der Waals surface area contributed by atoms with Gasteiger partial charge in [0.2, 0.25) is 0 Å². The summed E-state index contributed by atoms with van der Waals surface area (Å²) in [6.45, 7) is 0. The minimum atomic E-state index is 0.613. The Morgan fingerprint density at radius 3 is 1.77 bits per heavy atom. The zero-order valence-corrected chi connectivity index (χ0v) is 24.3.